The highest BCUT2D eigenvalue weighted by atomic mass is 16.5. The molecule has 0 bridgehead atoms. The predicted octanol–water partition coefficient (Wildman–Crippen LogP) is 1.96. The molecule has 1 N–H and O–H groups in total. The Kier molecular flexibility index (Phi) is 5.13. The van der Waals surface area contributed by atoms with E-state index in [9.17, 15) is 9.59 Å². The molecular formula is C18H24N4O4. The van der Waals surface area contributed by atoms with Gasteiger partial charge in [0.05, 0.1) is 24.1 Å². The fourth-order valence-electron chi connectivity index (χ4n) is 2.75. The third-order valence-corrected chi connectivity index (χ3v) is 4.34. The van der Waals surface area contributed by atoms with Gasteiger partial charge in [-0.25, -0.2) is 0 Å². The summed E-state index contributed by atoms with van der Waals surface area (Å²) in [6.45, 7) is 8.77. The van der Waals surface area contributed by atoms with Crippen LogP contribution in [0.15, 0.2) is 33.6 Å². The van der Waals surface area contributed by atoms with Gasteiger partial charge in [-0.15, -0.1) is 0 Å². The molecule has 1 aliphatic heterocycles. The quantitative estimate of drug-likeness (QED) is 0.896. The maximum absolute atomic E-state index is 12.3. The summed E-state index contributed by atoms with van der Waals surface area (Å²) in [5.74, 6) is 0.157. The molecule has 2 aromatic rings. The molecule has 0 spiro atoms. The molecule has 1 saturated heterocycles. The number of nitrogens with zero attached hydrogens (tertiary/aromatic N) is 3. The molecule has 0 radical (unpaired) electrons. The SMILES string of the molecule is CC(C)(C)c1cc(NC(=O)CN2CCN(C(=O)c3ccoc3)CC2)on1. The van der Waals surface area contributed by atoms with Crippen molar-refractivity contribution in [2.45, 2.75) is 26.2 Å². The van der Waals surface area contributed by atoms with E-state index >= 15 is 0 Å². The molecule has 0 aliphatic carbocycles. The minimum Gasteiger partial charge on any atom is -0.472 e. The van der Waals surface area contributed by atoms with Crippen LogP contribution in [0.5, 0.6) is 0 Å². The van der Waals surface area contributed by atoms with Gasteiger partial charge in [-0.1, -0.05) is 25.9 Å². The summed E-state index contributed by atoms with van der Waals surface area (Å²) in [4.78, 5) is 28.2. The van der Waals surface area contributed by atoms with Crippen molar-refractivity contribution in [2.75, 3.05) is 38.0 Å². The van der Waals surface area contributed by atoms with E-state index in [1.807, 2.05) is 25.7 Å². The number of aromatic nitrogens is 1. The molecule has 2 amide bonds. The van der Waals surface area contributed by atoms with E-state index in [1.54, 1.807) is 17.0 Å². The first-order valence-corrected chi connectivity index (χ1v) is 8.64. The van der Waals surface area contributed by atoms with Crippen molar-refractivity contribution in [2.24, 2.45) is 0 Å². The first-order valence-electron chi connectivity index (χ1n) is 8.64. The molecule has 140 valence electrons. The van der Waals surface area contributed by atoms with E-state index < -0.39 is 0 Å². The molecule has 1 fully saturated rings. The van der Waals surface area contributed by atoms with Crippen LogP contribution in [-0.2, 0) is 10.2 Å². The molecule has 26 heavy (non-hydrogen) atoms. The second-order valence-electron chi connectivity index (χ2n) is 7.45. The van der Waals surface area contributed by atoms with Crippen LogP contribution in [-0.4, -0.2) is 59.5 Å². The summed E-state index contributed by atoms with van der Waals surface area (Å²) in [5, 5.41) is 6.72. The number of furan rings is 1. The fraction of sp³-hybridized carbons (Fsp3) is 0.500. The zero-order valence-corrected chi connectivity index (χ0v) is 15.3. The van der Waals surface area contributed by atoms with Gasteiger partial charge < -0.3 is 13.8 Å². The highest BCUT2D eigenvalue weighted by Gasteiger charge is 2.24. The highest BCUT2D eigenvalue weighted by molar-refractivity contribution is 5.94. The summed E-state index contributed by atoms with van der Waals surface area (Å²) >= 11 is 0. The Hall–Kier alpha value is -2.61. The maximum Gasteiger partial charge on any atom is 0.257 e. The Balaban J connectivity index is 1.46. The lowest BCUT2D eigenvalue weighted by Crippen LogP contribution is -2.50. The van der Waals surface area contributed by atoms with Crippen molar-refractivity contribution >= 4 is 17.7 Å². The first kappa shape index (κ1) is 18.2. The van der Waals surface area contributed by atoms with E-state index in [0.717, 1.165) is 5.69 Å². The second kappa shape index (κ2) is 7.33. The molecule has 8 nitrogen and oxygen atoms in total. The van der Waals surface area contributed by atoms with E-state index in [1.165, 1.54) is 12.5 Å². The Labute approximate surface area is 152 Å². The normalized spacial score (nSPS) is 15.9. The number of hydrogen-bond donors (Lipinski definition) is 1. The molecule has 2 aromatic heterocycles. The average Bonchev–Trinajstić information content (AvgIpc) is 3.26. The predicted molar refractivity (Wildman–Crippen MR) is 94.9 cm³/mol. The molecule has 1 aliphatic rings. The van der Waals surface area contributed by atoms with Crippen molar-refractivity contribution < 1.29 is 18.5 Å². The van der Waals surface area contributed by atoms with Gasteiger partial charge in [0.1, 0.15) is 6.26 Å². The molecule has 8 heteroatoms. The Morgan fingerprint density at radius 3 is 2.54 bits per heavy atom. The van der Waals surface area contributed by atoms with Gasteiger partial charge in [0.25, 0.3) is 5.91 Å². The summed E-state index contributed by atoms with van der Waals surface area (Å²) < 4.78 is 10.1. The lowest BCUT2D eigenvalue weighted by molar-refractivity contribution is -0.117. The Bertz CT molecular complexity index is 753. The van der Waals surface area contributed by atoms with Crippen LogP contribution in [0.1, 0.15) is 36.8 Å². The number of amides is 2. The third-order valence-electron chi connectivity index (χ3n) is 4.34. The van der Waals surface area contributed by atoms with Crippen molar-refractivity contribution in [1.82, 2.24) is 15.0 Å². The van der Waals surface area contributed by atoms with Crippen molar-refractivity contribution in [3.63, 3.8) is 0 Å². The number of anilines is 1. The lowest BCUT2D eigenvalue weighted by atomic mass is 9.92. The van der Waals surface area contributed by atoms with Crippen LogP contribution in [0.3, 0.4) is 0 Å². The molecular weight excluding hydrogens is 336 g/mol. The number of carbonyl (C=O) groups excluding carboxylic acids is 2. The van der Waals surface area contributed by atoms with Crippen LogP contribution in [0, 0.1) is 0 Å². The van der Waals surface area contributed by atoms with Gasteiger partial charge in [0, 0.05) is 37.7 Å². The van der Waals surface area contributed by atoms with Gasteiger partial charge >= 0.3 is 0 Å². The van der Waals surface area contributed by atoms with Crippen LogP contribution >= 0.6 is 0 Å². The summed E-state index contributed by atoms with van der Waals surface area (Å²) in [6, 6.07) is 3.41. The standard InChI is InChI=1S/C18H24N4O4/c1-18(2,3)14-10-16(26-20-14)19-15(23)11-21-5-7-22(8-6-21)17(24)13-4-9-25-12-13/h4,9-10,12H,5-8,11H2,1-3H3,(H,19,23). The zero-order valence-electron chi connectivity index (χ0n) is 15.3. The van der Waals surface area contributed by atoms with Gasteiger partial charge in [0.2, 0.25) is 11.8 Å². The van der Waals surface area contributed by atoms with E-state index in [2.05, 4.69) is 10.5 Å². The monoisotopic (exact) mass is 360 g/mol. The summed E-state index contributed by atoms with van der Waals surface area (Å²) in [7, 11) is 0. The highest BCUT2D eigenvalue weighted by Crippen LogP contribution is 2.23. The molecule has 0 unspecified atom stereocenters. The van der Waals surface area contributed by atoms with Crippen molar-refractivity contribution in [1.29, 1.82) is 0 Å². The largest absolute Gasteiger partial charge is 0.472 e. The van der Waals surface area contributed by atoms with E-state index in [0.29, 0.717) is 37.6 Å². The number of rotatable bonds is 4. The van der Waals surface area contributed by atoms with Crippen LogP contribution in [0.25, 0.3) is 0 Å². The maximum atomic E-state index is 12.3. The molecule has 0 atom stereocenters. The fourth-order valence-corrected chi connectivity index (χ4v) is 2.75. The number of piperazine rings is 1. The third kappa shape index (κ3) is 4.32. The minimum absolute atomic E-state index is 0.0424. The van der Waals surface area contributed by atoms with Crippen molar-refractivity contribution in [3.8, 4) is 0 Å². The molecule has 3 heterocycles. The van der Waals surface area contributed by atoms with Gasteiger partial charge in [-0.2, -0.15) is 0 Å². The summed E-state index contributed by atoms with van der Waals surface area (Å²) in [5.41, 5.74) is 1.21. The van der Waals surface area contributed by atoms with Gasteiger partial charge in [-0.05, 0) is 6.07 Å². The zero-order chi connectivity index (χ0) is 18.7. The molecule has 0 saturated carbocycles. The van der Waals surface area contributed by atoms with Crippen LogP contribution in [0.4, 0.5) is 5.88 Å². The number of hydrogen-bond acceptors (Lipinski definition) is 6. The topological polar surface area (TPSA) is 91.8 Å². The molecule has 0 aromatic carbocycles. The lowest BCUT2D eigenvalue weighted by Gasteiger charge is -2.34. The van der Waals surface area contributed by atoms with Crippen molar-refractivity contribution in [3.05, 3.63) is 35.9 Å². The molecule has 3 rings (SSSR count). The van der Waals surface area contributed by atoms with Crippen LogP contribution in [0.2, 0.25) is 0 Å². The van der Waals surface area contributed by atoms with Gasteiger partial charge in [-0.3, -0.25) is 19.8 Å². The first-order chi connectivity index (χ1) is 12.3. The van der Waals surface area contributed by atoms with E-state index in [-0.39, 0.29) is 23.8 Å². The summed E-state index contributed by atoms with van der Waals surface area (Å²) in [6.07, 6.45) is 2.94. The minimum atomic E-state index is -0.156. The average molecular weight is 360 g/mol. The Morgan fingerprint density at radius 2 is 1.96 bits per heavy atom. The number of nitrogens with one attached hydrogen (secondary N) is 1. The second-order valence-corrected chi connectivity index (χ2v) is 7.45. The smallest absolute Gasteiger partial charge is 0.257 e. The van der Waals surface area contributed by atoms with E-state index in [4.69, 9.17) is 8.94 Å². The van der Waals surface area contributed by atoms with Crippen LogP contribution < -0.4 is 5.32 Å². The Morgan fingerprint density at radius 1 is 1.23 bits per heavy atom. The number of carbonyl (C=O) groups is 2. The van der Waals surface area contributed by atoms with Gasteiger partial charge in [0.15, 0.2) is 0 Å².